The number of methoxy groups -OCH3 is 1. The first-order valence-electron chi connectivity index (χ1n) is 8.60. The molecule has 0 saturated carbocycles. The third-order valence-electron chi connectivity index (χ3n) is 4.37. The number of hydrogen-bond acceptors (Lipinski definition) is 8. The summed E-state index contributed by atoms with van der Waals surface area (Å²) in [5, 5.41) is 7.30. The number of aromatic nitrogens is 3. The van der Waals surface area contributed by atoms with E-state index in [0.717, 1.165) is 11.3 Å². The van der Waals surface area contributed by atoms with Gasteiger partial charge >= 0.3 is 0 Å². The van der Waals surface area contributed by atoms with Gasteiger partial charge in [0.15, 0.2) is 5.69 Å². The molecule has 1 aromatic carbocycles. The molecule has 9 nitrogen and oxygen atoms in total. The number of benzene rings is 1. The van der Waals surface area contributed by atoms with Crippen LogP contribution in [0.15, 0.2) is 35.1 Å². The van der Waals surface area contributed by atoms with Crippen LogP contribution in [0.5, 0.6) is 5.75 Å². The van der Waals surface area contributed by atoms with E-state index in [-0.39, 0.29) is 17.3 Å². The van der Waals surface area contributed by atoms with Crippen molar-refractivity contribution in [2.75, 3.05) is 38.3 Å². The van der Waals surface area contributed by atoms with Crippen molar-refractivity contribution in [2.24, 2.45) is 0 Å². The second-order valence-electron chi connectivity index (χ2n) is 6.04. The van der Waals surface area contributed by atoms with Crippen LogP contribution in [0, 0.1) is 0 Å². The fourth-order valence-corrected chi connectivity index (χ4v) is 2.99. The van der Waals surface area contributed by atoms with Crippen molar-refractivity contribution >= 4 is 22.8 Å². The minimum Gasteiger partial charge on any atom is -0.497 e. The lowest BCUT2D eigenvalue weighted by Crippen LogP contribution is -2.37. The van der Waals surface area contributed by atoms with Gasteiger partial charge in [-0.05, 0) is 17.7 Å². The highest BCUT2D eigenvalue weighted by atomic mass is 16.5. The van der Waals surface area contributed by atoms with Gasteiger partial charge in [0, 0.05) is 19.6 Å². The molecule has 0 atom stereocenters. The third-order valence-corrected chi connectivity index (χ3v) is 4.37. The van der Waals surface area contributed by atoms with Gasteiger partial charge in [-0.1, -0.05) is 17.3 Å². The fourth-order valence-electron chi connectivity index (χ4n) is 2.99. The zero-order valence-corrected chi connectivity index (χ0v) is 14.8. The maximum atomic E-state index is 12.7. The van der Waals surface area contributed by atoms with E-state index in [4.69, 9.17) is 14.0 Å². The van der Waals surface area contributed by atoms with Gasteiger partial charge in [0.05, 0.1) is 20.3 Å². The Kier molecular flexibility index (Phi) is 4.84. The molecule has 2 aromatic heterocycles. The number of carbonyl (C=O) groups is 1. The molecule has 1 saturated heterocycles. The second-order valence-corrected chi connectivity index (χ2v) is 6.04. The van der Waals surface area contributed by atoms with Crippen molar-refractivity contribution in [2.45, 2.75) is 6.54 Å². The van der Waals surface area contributed by atoms with Crippen LogP contribution in [-0.4, -0.2) is 54.4 Å². The number of amides is 1. The van der Waals surface area contributed by atoms with Crippen LogP contribution in [0.2, 0.25) is 0 Å². The lowest BCUT2D eigenvalue weighted by Gasteiger charge is -2.27. The van der Waals surface area contributed by atoms with Gasteiger partial charge in [-0.2, -0.15) is 4.98 Å². The Morgan fingerprint density at radius 2 is 2.15 bits per heavy atom. The molecular weight excluding hydrogens is 350 g/mol. The number of hydrogen-bond donors (Lipinski definition) is 1. The van der Waals surface area contributed by atoms with Gasteiger partial charge in [-0.25, -0.2) is 4.98 Å². The number of fused-ring (bicyclic) bond motifs is 1. The molecule has 1 fully saturated rings. The predicted octanol–water partition coefficient (Wildman–Crippen LogP) is 1.39. The number of anilines is 1. The minimum atomic E-state index is -0.346. The van der Waals surface area contributed by atoms with Crippen LogP contribution >= 0.6 is 0 Å². The Morgan fingerprint density at radius 1 is 1.30 bits per heavy atom. The van der Waals surface area contributed by atoms with Crippen molar-refractivity contribution in [3.63, 3.8) is 0 Å². The number of carbonyl (C=O) groups excluding carboxylic acids is 1. The Labute approximate surface area is 155 Å². The summed E-state index contributed by atoms with van der Waals surface area (Å²) in [4.78, 5) is 23.2. The number of morpholine rings is 1. The van der Waals surface area contributed by atoms with Crippen LogP contribution in [0.25, 0.3) is 11.1 Å². The topological polar surface area (TPSA) is 103 Å². The van der Waals surface area contributed by atoms with Crippen LogP contribution in [0.3, 0.4) is 0 Å². The molecule has 4 rings (SSSR count). The first kappa shape index (κ1) is 17.2. The van der Waals surface area contributed by atoms with Gasteiger partial charge in [0.25, 0.3) is 11.6 Å². The Hall–Kier alpha value is -3.20. The van der Waals surface area contributed by atoms with Crippen LogP contribution < -0.4 is 15.0 Å². The van der Waals surface area contributed by atoms with E-state index >= 15 is 0 Å². The highest BCUT2D eigenvalue weighted by Crippen LogP contribution is 2.27. The van der Waals surface area contributed by atoms with Crippen LogP contribution in [0.4, 0.5) is 5.82 Å². The van der Waals surface area contributed by atoms with Crippen LogP contribution in [0.1, 0.15) is 16.1 Å². The summed E-state index contributed by atoms with van der Waals surface area (Å²) in [5.74, 6) is 1.02. The summed E-state index contributed by atoms with van der Waals surface area (Å²) in [6.07, 6.45) is 1.41. The highest BCUT2D eigenvalue weighted by Gasteiger charge is 2.24. The first-order chi connectivity index (χ1) is 13.3. The number of nitrogens with zero attached hydrogens (tertiary/aromatic N) is 4. The zero-order valence-electron chi connectivity index (χ0n) is 14.8. The SMILES string of the molecule is COc1cccc(CNC(=O)c2noc3ncnc(N4CCOCC4)c23)c1. The average Bonchev–Trinajstić information content (AvgIpc) is 3.17. The molecule has 0 bridgehead atoms. The molecule has 1 amide bonds. The minimum absolute atomic E-state index is 0.176. The van der Waals surface area contributed by atoms with Gasteiger partial charge in [-0.15, -0.1) is 0 Å². The predicted molar refractivity (Wildman–Crippen MR) is 96.8 cm³/mol. The Morgan fingerprint density at radius 3 is 2.96 bits per heavy atom. The van der Waals surface area contributed by atoms with Crippen molar-refractivity contribution in [1.29, 1.82) is 0 Å². The molecule has 1 N–H and O–H groups in total. The van der Waals surface area contributed by atoms with E-state index in [1.807, 2.05) is 29.2 Å². The molecule has 1 aliphatic rings. The highest BCUT2D eigenvalue weighted by molar-refractivity contribution is 6.07. The molecule has 0 radical (unpaired) electrons. The van der Waals surface area contributed by atoms with E-state index in [2.05, 4.69) is 20.4 Å². The molecule has 140 valence electrons. The normalized spacial score (nSPS) is 14.3. The van der Waals surface area contributed by atoms with Crippen molar-refractivity contribution < 1.29 is 18.8 Å². The Bertz CT molecular complexity index is 952. The summed E-state index contributed by atoms with van der Waals surface area (Å²) < 4.78 is 15.8. The lowest BCUT2D eigenvalue weighted by atomic mass is 10.2. The second kappa shape index (κ2) is 7.58. The van der Waals surface area contributed by atoms with Crippen LogP contribution in [-0.2, 0) is 11.3 Å². The van der Waals surface area contributed by atoms with Crippen molar-refractivity contribution in [3.8, 4) is 5.75 Å². The summed E-state index contributed by atoms with van der Waals surface area (Å²) >= 11 is 0. The standard InChI is InChI=1S/C18H19N5O4/c1-25-13-4-2-3-12(9-13)10-19-17(24)15-14-16(23-5-7-26-8-6-23)20-11-21-18(14)27-22-15/h2-4,9,11H,5-8,10H2,1H3,(H,19,24). The molecule has 0 unspecified atom stereocenters. The van der Waals surface area contributed by atoms with E-state index in [1.54, 1.807) is 7.11 Å². The molecule has 3 heterocycles. The van der Waals surface area contributed by atoms with E-state index in [1.165, 1.54) is 6.33 Å². The number of ether oxygens (including phenoxy) is 2. The molecule has 3 aromatic rings. The van der Waals surface area contributed by atoms with E-state index in [0.29, 0.717) is 44.1 Å². The van der Waals surface area contributed by atoms with Gasteiger partial charge in [-0.3, -0.25) is 4.79 Å². The maximum Gasteiger partial charge on any atom is 0.274 e. The molecule has 0 spiro atoms. The van der Waals surface area contributed by atoms with E-state index in [9.17, 15) is 4.79 Å². The van der Waals surface area contributed by atoms with Crippen molar-refractivity contribution in [3.05, 3.63) is 41.9 Å². The maximum absolute atomic E-state index is 12.7. The molecule has 0 aliphatic carbocycles. The third kappa shape index (κ3) is 3.54. The Balaban J connectivity index is 1.58. The smallest absolute Gasteiger partial charge is 0.274 e. The van der Waals surface area contributed by atoms with Gasteiger partial charge in [0.2, 0.25) is 0 Å². The molecular formula is C18H19N5O4. The summed E-state index contributed by atoms with van der Waals surface area (Å²) in [6.45, 7) is 2.91. The fraction of sp³-hybridized carbons (Fsp3) is 0.333. The van der Waals surface area contributed by atoms with Gasteiger partial charge in [0.1, 0.15) is 23.3 Å². The van der Waals surface area contributed by atoms with Crippen molar-refractivity contribution in [1.82, 2.24) is 20.4 Å². The van der Waals surface area contributed by atoms with E-state index < -0.39 is 0 Å². The largest absolute Gasteiger partial charge is 0.497 e. The monoisotopic (exact) mass is 369 g/mol. The lowest BCUT2D eigenvalue weighted by molar-refractivity contribution is 0.0943. The quantitative estimate of drug-likeness (QED) is 0.720. The summed E-state index contributed by atoms with van der Waals surface area (Å²) in [5.41, 5.74) is 1.38. The zero-order chi connectivity index (χ0) is 18.6. The molecule has 9 heteroatoms. The van der Waals surface area contributed by atoms with Gasteiger partial charge < -0.3 is 24.2 Å². The summed E-state index contributed by atoms with van der Waals surface area (Å²) in [6, 6.07) is 7.49. The molecule has 27 heavy (non-hydrogen) atoms. The summed E-state index contributed by atoms with van der Waals surface area (Å²) in [7, 11) is 1.60. The average molecular weight is 369 g/mol. The molecule has 1 aliphatic heterocycles. The first-order valence-corrected chi connectivity index (χ1v) is 8.60. The number of rotatable bonds is 5. The number of nitrogens with one attached hydrogen (secondary N) is 1.